The van der Waals surface area contributed by atoms with Crippen LogP contribution >= 0.6 is 11.6 Å². The molecule has 0 saturated heterocycles. The first-order chi connectivity index (χ1) is 9.97. The van der Waals surface area contributed by atoms with E-state index in [1.807, 2.05) is 19.9 Å². The molecule has 0 saturated carbocycles. The van der Waals surface area contributed by atoms with Crippen LogP contribution in [0.4, 0.5) is 5.69 Å². The van der Waals surface area contributed by atoms with Crippen molar-refractivity contribution < 1.29 is 9.59 Å². The van der Waals surface area contributed by atoms with Gasteiger partial charge in [-0.1, -0.05) is 17.7 Å². The third kappa shape index (κ3) is 2.29. The van der Waals surface area contributed by atoms with Crippen LogP contribution in [0.25, 0.3) is 0 Å². The third-order valence-corrected chi connectivity index (χ3v) is 3.59. The molecular formula is C15H12ClN3O2. The van der Waals surface area contributed by atoms with Gasteiger partial charge in [-0.3, -0.25) is 19.5 Å². The van der Waals surface area contributed by atoms with Gasteiger partial charge in [0.25, 0.3) is 11.7 Å². The standard InChI is InChI=1S/C15H12ClN3O2/c1-8-3-9(2)13-11(4-8)14(20)15(21)19(13)7-10-5-18-12(16)6-17-10/h3-6H,7H2,1-2H3. The molecule has 6 heteroatoms. The SMILES string of the molecule is Cc1cc(C)c2c(c1)C(=O)C(=O)N2Cc1cnc(Cl)cn1. The number of halogens is 1. The average molecular weight is 302 g/mol. The lowest BCUT2D eigenvalue weighted by Crippen LogP contribution is -2.29. The monoisotopic (exact) mass is 301 g/mol. The maximum absolute atomic E-state index is 12.2. The zero-order chi connectivity index (χ0) is 15.1. The number of aromatic nitrogens is 2. The van der Waals surface area contributed by atoms with E-state index in [0.717, 1.165) is 11.1 Å². The molecule has 2 heterocycles. The molecule has 1 aromatic heterocycles. The van der Waals surface area contributed by atoms with Crippen LogP contribution in [0.3, 0.4) is 0 Å². The average Bonchev–Trinajstić information content (AvgIpc) is 2.67. The first-order valence-electron chi connectivity index (χ1n) is 6.41. The van der Waals surface area contributed by atoms with Gasteiger partial charge in [0.1, 0.15) is 5.15 Å². The minimum Gasteiger partial charge on any atom is -0.298 e. The highest BCUT2D eigenvalue weighted by Crippen LogP contribution is 2.34. The highest BCUT2D eigenvalue weighted by Gasteiger charge is 2.37. The predicted molar refractivity (Wildman–Crippen MR) is 78.5 cm³/mol. The fourth-order valence-corrected chi connectivity index (χ4v) is 2.66. The molecule has 2 aromatic rings. The molecule has 0 atom stereocenters. The van der Waals surface area contributed by atoms with Crippen LogP contribution in [0.1, 0.15) is 27.2 Å². The van der Waals surface area contributed by atoms with Gasteiger partial charge < -0.3 is 0 Å². The molecule has 0 fully saturated rings. The van der Waals surface area contributed by atoms with Crippen molar-refractivity contribution in [2.24, 2.45) is 0 Å². The van der Waals surface area contributed by atoms with E-state index in [2.05, 4.69) is 9.97 Å². The smallest absolute Gasteiger partial charge is 0.298 e. The van der Waals surface area contributed by atoms with E-state index in [-0.39, 0.29) is 11.7 Å². The number of aryl methyl sites for hydroxylation is 2. The second kappa shape index (κ2) is 4.93. The number of ketones is 1. The highest BCUT2D eigenvalue weighted by molar-refractivity contribution is 6.52. The van der Waals surface area contributed by atoms with Crippen LogP contribution in [0.2, 0.25) is 5.15 Å². The Morgan fingerprint density at radius 3 is 2.57 bits per heavy atom. The lowest BCUT2D eigenvalue weighted by atomic mass is 10.0. The van der Waals surface area contributed by atoms with Crippen LogP contribution in [0.5, 0.6) is 0 Å². The summed E-state index contributed by atoms with van der Waals surface area (Å²) in [6, 6.07) is 3.70. The molecule has 0 N–H and O–H groups in total. The van der Waals surface area contributed by atoms with Crippen LogP contribution < -0.4 is 4.90 Å². The molecule has 1 amide bonds. The first kappa shape index (κ1) is 13.7. The summed E-state index contributed by atoms with van der Waals surface area (Å²) in [4.78, 5) is 33.8. The van der Waals surface area contributed by atoms with Crippen molar-refractivity contribution in [3.63, 3.8) is 0 Å². The molecule has 106 valence electrons. The van der Waals surface area contributed by atoms with Gasteiger partial charge in [0.05, 0.1) is 35.9 Å². The number of Topliss-reactive ketones (excluding diaryl/α,β-unsaturated/α-hetero) is 1. The molecule has 0 spiro atoms. The summed E-state index contributed by atoms with van der Waals surface area (Å²) in [5.74, 6) is -1.01. The highest BCUT2D eigenvalue weighted by atomic mass is 35.5. The molecule has 1 aliphatic heterocycles. The van der Waals surface area contributed by atoms with Gasteiger partial charge in [-0.05, 0) is 31.0 Å². The fraction of sp³-hybridized carbons (Fsp3) is 0.200. The molecule has 21 heavy (non-hydrogen) atoms. The van der Waals surface area contributed by atoms with E-state index < -0.39 is 11.7 Å². The van der Waals surface area contributed by atoms with Gasteiger partial charge >= 0.3 is 0 Å². The van der Waals surface area contributed by atoms with Crippen LogP contribution in [0, 0.1) is 13.8 Å². The number of carbonyl (C=O) groups is 2. The summed E-state index contributed by atoms with van der Waals surface area (Å²) >= 11 is 5.70. The second-order valence-corrected chi connectivity index (χ2v) is 5.42. The van der Waals surface area contributed by atoms with Crippen LogP contribution in [-0.4, -0.2) is 21.7 Å². The van der Waals surface area contributed by atoms with Crippen molar-refractivity contribution in [1.29, 1.82) is 0 Å². The zero-order valence-electron chi connectivity index (χ0n) is 11.6. The maximum atomic E-state index is 12.2. The van der Waals surface area contributed by atoms with Crippen molar-refractivity contribution in [3.8, 4) is 0 Å². The summed E-state index contributed by atoms with van der Waals surface area (Å²) < 4.78 is 0. The van der Waals surface area contributed by atoms with Gasteiger partial charge in [-0.15, -0.1) is 0 Å². The molecule has 1 aromatic carbocycles. The molecule has 1 aliphatic rings. The predicted octanol–water partition coefficient (Wildman–Crippen LogP) is 2.48. The quantitative estimate of drug-likeness (QED) is 0.799. The summed E-state index contributed by atoms with van der Waals surface area (Å²) in [6.07, 6.45) is 2.92. The number of fused-ring (bicyclic) bond motifs is 1. The normalized spacial score (nSPS) is 13.8. The van der Waals surface area contributed by atoms with E-state index in [1.165, 1.54) is 17.3 Å². The van der Waals surface area contributed by atoms with Crippen molar-refractivity contribution in [3.05, 3.63) is 52.1 Å². The number of anilines is 1. The minimum absolute atomic E-state index is 0.200. The Labute approximate surface area is 126 Å². The Balaban J connectivity index is 2.03. The summed E-state index contributed by atoms with van der Waals surface area (Å²) in [6.45, 7) is 3.99. The zero-order valence-corrected chi connectivity index (χ0v) is 12.3. The van der Waals surface area contributed by atoms with Gasteiger partial charge in [0.15, 0.2) is 0 Å². The largest absolute Gasteiger partial charge is 0.299 e. The number of benzene rings is 1. The number of rotatable bonds is 2. The molecule has 0 unspecified atom stereocenters. The Hall–Kier alpha value is -2.27. The van der Waals surface area contributed by atoms with Gasteiger partial charge in [0, 0.05) is 0 Å². The Morgan fingerprint density at radius 2 is 1.90 bits per heavy atom. The molecule has 0 radical (unpaired) electrons. The molecule has 5 nitrogen and oxygen atoms in total. The van der Waals surface area contributed by atoms with Crippen LogP contribution in [-0.2, 0) is 11.3 Å². The molecule has 0 aliphatic carbocycles. The number of nitrogens with zero attached hydrogens (tertiary/aromatic N) is 3. The lowest BCUT2D eigenvalue weighted by molar-refractivity contribution is -0.114. The van der Waals surface area contributed by atoms with Gasteiger partial charge in [-0.2, -0.15) is 0 Å². The Kier molecular flexibility index (Phi) is 3.22. The first-order valence-corrected chi connectivity index (χ1v) is 6.79. The van der Waals surface area contributed by atoms with E-state index in [4.69, 9.17) is 11.6 Å². The second-order valence-electron chi connectivity index (χ2n) is 5.03. The van der Waals surface area contributed by atoms with E-state index in [1.54, 1.807) is 6.07 Å². The Morgan fingerprint density at radius 1 is 1.14 bits per heavy atom. The van der Waals surface area contributed by atoms with E-state index in [9.17, 15) is 9.59 Å². The maximum Gasteiger partial charge on any atom is 0.299 e. The fourth-order valence-electron chi connectivity index (χ4n) is 2.56. The summed E-state index contributed by atoms with van der Waals surface area (Å²) in [7, 11) is 0. The Bertz CT molecular complexity index is 756. The number of hydrogen-bond donors (Lipinski definition) is 0. The van der Waals surface area contributed by atoms with Gasteiger partial charge in [-0.25, -0.2) is 4.98 Å². The lowest BCUT2D eigenvalue weighted by Gasteiger charge is -2.18. The van der Waals surface area contributed by atoms with Crippen molar-refractivity contribution in [1.82, 2.24) is 9.97 Å². The van der Waals surface area contributed by atoms with Gasteiger partial charge in [0.2, 0.25) is 0 Å². The number of hydrogen-bond acceptors (Lipinski definition) is 4. The molecular weight excluding hydrogens is 290 g/mol. The van der Waals surface area contributed by atoms with Crippen molar-refractivity contribution in [2.45, 2.75) is 20.4 Å². The van der Waals surface area contributed by atoms with Crippen molar-refractivity contribution >= 4 is 29.0 Å². The van der Waals surface area contributed by atoms with E-state index in [0.29, 0.717) is 16.9 Å². The topological polar surface area (TPSA) is 63.2 Å². The van der Waals surface area contributed by atoms with Crippen LogP contribution in [0.15, 0.2) is 24.5 Å². The summed E-state index contributed by atoms with van der Waals surface area (Å²) in [5, 5.41) is 0.287. The molecule has 0 bridgehead atoms. The minimum atomic E-state index is -0.532. The number of carbonyl (C=O) groups excluding carboxylic acids is 2. The van der Waals surface area contributed by atoms with E-state index >= 15 is 0 Å². The molecule has 3 rings (SSSR count). The summed E-state index contributed by atoms with van der Waals surface area (Å²) in [5.41, 5.74) is 3.55. The third-order valence-electron chi connectivity index (χ3n) is 3.39. The van der Waals surface area contributed by atoms with Crippen molar-refractivity contribution in [2.75, 3.05) is 4.90 Å². The number of amides is 1.